The third-order valence-corrected chi connectivity index (χ3v) is 4.35. The number of thioether (sulfide) groups is 1. The van der Waals surface area contributed by atoms with Crippen LogP contribution in [0.1, 0.15) is 59.1 Å². The standard InChI is InChI=1S/C15H22FN3O4S.C2H6.CH4O/c1-2-3-4-5-6-7-22-15(21)18-13-11(16)8-19(14(20)17-13)12-9-24-10-23-12;2*1-2/h8,12H,2-7,9-10H2,1H3,(H,17,18,20,21);1-2H3;2H,1H3/t12-;;/m0../s1. The normalized spacial score (nSPS) is 15.0. The van der Waals surface area contributed by atoms with Gasteiger partial charge in [0.15, 0.2) is 11.6 Å². The minimum Gasteiger partial charge on any atom is -0.449 e. The van der Waals surface area contributed by atoms with Crippen LogP contribution < -0.4 is 11.0 Å². The number of unbranched alkanes of at least 4 members (excludes halogenated alkanes) is 4. The number of ether oxygens (including phenoxy) is 2. The van der Waals surface area contributed by atoms with E-state index in [9.17, 15) is 14.0 Å². The third-order valence-electron chi connectivity index (χ3n) is 3.52. The molecule has 0 saturated carbocycles. The first-order chi connectivity index (χ1) is 13.6. The van der Waals surface area contributed by atoms with Gasteiger partial charge < -0.3 is 14.6 Å². The van der Waals surface area contributed by atoms with Crippen LogP contribution in [0.25, 0.3) is 0 Å². The molecule has 0 radical (unpaired) electrons. The average Bonchev–Trinajstić information content (AvgIpc) is 3.25. The van der Waals surface area contributed by atoms with Crippen molar-refractivity contribution in [3.05, 3.63) is 22.5 Å². The number of aliphatic hydroxyl groups is 1. The minimum absolute atomic E-state index is 0.251. The number of hydrogen-bond donors (Lipinski definition) is 2. The fraction of sp³-hybridized carbons (Fsp3) is 0.722. The maximum absolute atomic E-state index is 14.0. The highest BCUT2D eigenvalue weighted by Gasteiger charge is 2.21. The predicted octanol–water partition coefficient (Wildman–Crippen LogP) is 3.76. The van der Waals surface area contributed by atoms with E-state index >= 15 is 0 Å². The Morgan fingerprint density at radius 3 is 2.68 bits per heavy atom. The van der Waals surface area contributed by atoms with E-state index in [1.165, 1.54) is 11.8 Å². The zero-order valence-corrected chi connectivity index (χ0v) is 17.9. The average molecular weight is 422 g/mol. The topological polar surface area (TPSA) is 103 Å². The summed E-state index contributed by atoms with van der Waals surface area (Å²) in [7, 11) is 1.00. The molecule has 1 atom stereocenters. The van der Waals surface area contributed by atoms with E-state index in [1.54, 1.807) is 0 Å². The lowest BCUT2D eigenvalue weighted by molar-refractivity contribution is 0.0630. The van der Waals surface area contributed by atoms with E-state index in [2.05, 4.69) is 17.2 Å². The maximum atomic E-state index is 14.0. The zero-order chi connectivity index (χ0) is 21.4. The fourth-order valence-corrected chi connectivity index (χ4v) is 3.03. The van der Waals surface area contributed by atoms with Gasteiger partial charge in [-0.3, -0.25) is 9.88 Å². The molecular weight excluding hydrogens is 389 g/mol. The molecule has 0 spiro atoms. The first-order valence-electron chi connectivity index (χ1n) is 9.48. The fourth-order valence-electron chi connectivity index (χ4n) is 2.23. The molecule has 1 amide bonds. The number of carbonyl (C=O) groups is 1. The molecule has 2 rings (SSSR count). The highest BCUT2D eigenvalue weighted by atomic mass is 32.2. The quantitative estimate of drug-likeness (QED) is 0.616. The molecule has 0 aromatic carbocycles. The molecule has 10 heteroatoms. The summed E-state index contributed by atoms with van der Waals surface area (Å²) in [5.74, 6) is -0.245. The zero-order valence-electron chi connectivity index (χ0n) is 17.1. The Morgan fingerprint density at radius 2 is 2.07 bits per heavy atom. The molecule has 1 aromatic rings. The van der Waals surface area contributed by atoms with Gasteiger partial charge in [-0.2, -0.15) is 4.98 Å². The number of hydrogen-bond acceptors (Lipinski definition) is 7. The number of aliphatic hydroxyl groups excluding tert-OH is 1. The number of rotatable bonds is 8. The van der Waals surface area contributed by atoms with Gasteiger partial charge in [0, 0.05) is 12.9 Å². The summed E-state index contributed by atoms with van der Waals surface area (Å²) < 4.78 is 25.4. The lowest BCUT2D eigenvalue weighted by Gasteiger charge is -2.13. The van der Waals surface area contributed by atoms with Gasteiger partial charge >= 0.3 is 11.8 Å². The van der Waals surface area contributed by atoms with Crippen LogP contribution in [0.15, 0.2) is 11.0 Å². The van der Waals surface area contributed by atoms with Crippen LogP contribution in [0.2, 0.25) is 0 Å². The molecule has 1 aromatic heterocycles. The van der Waals surface area contributed by atoms with Gasteiger partial charge in [-0.05, 0) is 6.42 Å². The highest BCUT2D eigenvalue weighted by Crippen LogP contribution is 2.24. The Kier molecular flexibility index (Phi) is 15.4. The molecule has 1 saturated heterocycles. The third kappa shape index (κ3) is 9.52. The molecule has 8 nitrogen and oxygen atoms in total. The van der Waals surface area contributed by atoms with Crippen LogP contribution in [-0.4, -0.2) is 46.2 Å². The summed E-state index contributed by atoms with van der Waals surface area (Å²) >= 11 is 1.50. The van der Waals surface area contributed by atoms with Crippen LogP contribution in [0, 0.1) is 5.82 Å². The molecular formula is C18H32FN3O5S. The van der Waals surface area contributed by atoms with E-state index in [4.69, 9.17) is 14.6 Å². The molecule has 28 heavy (non-hydrogen) atoms. The van der Waals surface area contributed by atoms with Crippen LogP contribution in [0.4, 0.5) is 15.0 Å². The Labute approximate surface area is 169 Å². The van der Waals surface area contributed by atoms with Crippen molar-refractivity contribution in [3.8, 4) is 0 Å². The predicted molar refractivity (Wildman–Crippen MR) is 109 cm³/mol. The van der Waals surface area contributed by atoms with E-state index in [-0.39, 0.29) is 6.61 Å². The van der Waals surface area contributed by atoms with Crippen molar-refractivity contribution in [2.24, 2.45) is 0 Å². The van der Waals surface area contributed by atoms with E-state index < -0.39 is 29.6 Å². The van der Waals surface area contributed by atoms with Gasteiger partial charge in [0.2, 0.25) is 0 Å². The van der Waals surface area contributed by atoms with Crippen molar-refractivity contribution >= 4 is 23.7 Å². The van der Waals surface area contributed by atoms with E-state index in [0.717, 1.165) is 50.0 Å². The Hall–Kier alpha value is -1.65. The molecule has 1 aliphatic heterocycles. The summed E-state index contributed by atoms with van der Waals surface area (Å²) in [5.41, 5.74) is -0.682. The molecule has 2 heterocycles. The summed E-state index contributed by atoms with van der Waals surface area (Å²) in [5, 5.41) is 9.16. The number of anilines is 1. The second kappa shape index (κ2) is 16.3. The van der Waals surface area contributed by atoms with Gasteiger partial charge in [0.05, 0.1) is 18.7 Å². The Morgan fingerprint density at radius 1 is 1.39 bits per heavy atom. The molecule has 0 aliphatic carbocycles. The molecule has 0 unspecified atom stereocenters. The second-order valence-corrected chi connectivity index (χ2v) is 6.39. The first kappa shape index (κ1) is 26.4. The van der Waals surface area contributed by atoms with Crippen molar-refractivity contribution in [3.63, 3.8) is 0 Å². The van der Waals surface area contributed by atoms with Gasteiger partial charge in [-0.25, -0.2) is 14.0 Å². The second-order valence-electron chi connectivity index (χ2n) is 5.41. The highest BCUT2D eigenvalue weighted by molar-refractivity contribution is 7.99. The van der Waals surface area contributed by atoms with Crippen LogP contribution in [-0.2, 0) is 9.47 Å². The number of halogens is 1. The van der Waals surface area contributed by atoms with Crippen molar-refractivity contribution < 1.29 is 23.8 Å². The van der Waals surface area contributed by atoms with Crippen LogP contribution in [0.3, 0.4) is 0 Å². The largest absolute Gasteiger partial charge is 0.449 e. The van der Waals surface area contributed by atoms with Crippen LogP contribution >= 0.6 is 11.8 Å². The van der Waals surface area contributed by atoms with E-state index in [1.807, 2.05) is 13.8 Å². The molecule has 162 valence electrons. The van der Waals surface area contributed by atoms with Gasteiger partial charge in [0.1, 0.15) is 6.23 Å². The number of aromatic nitrogens is 2. The summed E-state index contributed by atoms with van der Waals surface area (Å²) in [6.45, 7) is 6.37. The monoisotopic (exact) mass is 421 g/mol. The maximum Gasteiger partial charge on any atom is 0.412 e. The van der Waals surface area contributed by atoms with Crippen molar-refractivity contribution in [1.29, 1.82) is 0 Å². The van der Waals surface area contributed by atoms with Crippen molar-refractivity contribution in [2.45, 2.75) is 59.1 Å². The van der Waals surface area contributed by atoms with Crippen molar-refractivity contribution in [2.75, 3.05) is 30.7 Å². The number of nitrogens with zero attached hydrogens (tertiary/aromatic N) is 2. The summed E-state index contributed by atoms with van der Waals surface area (Å²) in [6.07, 6.45) is 4.76. The van der Waals surface area contributed by atoms with Gasteiger partial charge in [0.25, 0.3) is 0 Å². The summed E-state index contributed by atoms with van der Waals surface area (Å²) in [6, 6.07) is 0. The van der Waals surface area contributed by atoms with Crippen molar-refractivity contribution in [1.82, 2.24) is 9.55 Å². The number of carbonyl (C=O) groups excluding carboxylic acids is 1. The number of amides is 1. The Balaban J connectivity index is 0.00000171. The number of nitrogens with one attached hydrogen (secondary N) is 1. The minimum atomic E-state index is -0.818. The molecule has 1 fully saturated rings. The Bertz CT molecular complexity index is 609. The molecule has 1 aliphatic rings. The van der Waals surface area contributed by atoms with Crippen LogP contribution in [0.5, 0.6) is 0 Å². The lowest BCUT2D eigenvalue weighted by Crippen LogP contribution is -2.30. The molecule has 0 bridgehead atoms. The first-order valence-corrected chi connectivity index (χ1v) is 10.6. The van der Waals surface area contributed by atoms with Gasteiger partial charge in [-0.15, -0.1) is 11.8 Å². The SMILES string of the molecule is CC.CCCCCCCOC(=O)Nc1nc(=O)n([C@@H]2CSCO2)cc1F.CO. The molecule has 2 N–H and O–H groups in total. The lowest BCUT2D eigenvalue weighted by atomic mass is 10.2. The summed E-state index contributed by atoms with van der Waals surface area (Å²) in [4.78, 5) is 27.1. The van der Waals surface area contributed by atoms with Gasteiger partial charge in [-0.1, -0.05) is 46.5 Å². The smallest absolute Gasteiger partial charge is 0.412 e. The van der Waals surface area contributed by atoms with E-state index in [0.29, 0.717) is 11.7 Å².